The highest BCUT2D eigenvalue weighted by molar-refractivity contribution is 7.92. The maximum Gasteiger partial charge on any atom is 0.289 e. The van der Waals surface area contributed by atoms with Crippen LogP contribution in [0.5, 0.6) is 0 Å². The van der Waals surface area contributed by atoms with Gasteiger partial charge in [0.15, 0.2) is 0 Å². The molecular formula is C16H12ClN3O4S. The molecule has 0 bridgehead atoms. The smallest absolute Gasteiger partial charge is 0.277 e. The van der Waals surface area contributed by atoms with E-state index in [9.17, 15) is 18.5 Å². The molecule has 0 fully saturated rings. The van der Waals surface area contributed by atoms with Crippen LogP contribution in [0, 0.1) is 17.0 Å². The van der Waals surface area contributed by atoms with E-state index < -0.39 is 20.6 Å². The van der Waals surface area contributed by atoms with Crippen LogP contribution in [0.15, 0.2) is 53.6 Å². The van der Waals surface area contributed by atoms with E-state index in [0.717, 1.165) is 17.0 Å². The van der Waals surface area contributed by atoms with E-state index in [4.69, 9.17) is 11.6 Å². The summed E-state index contributed by atoms with van der Waals surface area (Å²) in [4.78, 5) is 14.2. The molecule has 2 aromatic carbocycles. The molecule has 0 atom stereocenters. The summed E-state index contributed by atoms with van der Waals surface area (Å²) < 4.78 is 27.7. The number of halogens is 1. The molecule has 3 rings (SSSR count). The largest absolute Gasteiger partial charge is 0.289 e. The standard InChI is InChI=1S/C16H12ClN3O4S/c1-10-7-11-3-2-6-18-16(11)14(8-10)19-25(23,24)12-4-5-13(17)15(9-12)20(21)22/h2-9,19H,1H3. The van der Waals surface area contributed by atoms with Gasteiger partial charge in [-0.3, -0.25) is 19.8 Å². The van der Waals surface area contributed by atoms with Gasteiger partial charge in [0.25, 0.3) is 15.7 Å². The minimum Gasteiger partial charge on any atom is -0.277 e. The van der Waals surface area contributed by atoms with E-state index in [0.29, 0.717) is 11.2 Å². The van der Waals surface area contributed by atoms with E-state index in [1.165, 1.54) is 12.1 Å². The van der Waals surface area contributed by atoms with Gasteiger partial charge in [0, 0.05) is 17.6 Å². The number of aryl methyl sites for hydroxylation is 1. The Morgan fingerprint density at radius 3 is 2.68 bits per heavy atom. The fourth-order valence-corrected chi connectivity index (χ4v) is 3.69. The fraction of sp³-hybridized carbons (Fsp3) is 0.0625. The summed E-state index contributed by atoms with van der Waals surface area (Å²) in [5.41, 5.74) is 1.16. The van der Waals surface area contributed by atoms with Gasteiger partial charge < -0.3 is 0 Å². The van der Waals surface area contributed by atoms with Crippen LogP contribution in [0.1, 0.15) is 5.56 Å². The van der Waals surface area contributed by atoms with Crippen LogP contribution in [0.3, 0.4) is 0 Å². The first-order chi connectivity index (χ1) is 11.8. The van der Waals surface area contributed by atoms with Gasteiger partial charge in [0.2, 0.25) is 0 Å². The van der Waals surface area contributed by atoms with Crippen molar-refractivity contribution in [3.05, 3.63) is 69.4 Å². The molecule has 128 valence electrons. The Bertz CT molecular complexity index is 1100. The number of sulfonamides is 1. The zero-order valence-corrected chi connectivity index (χ0v) is 14.5. The first-order valence-corrected chi connectivity index (χ1v) is 8.96. The van der Waals surface area contributed by atoms with Gasteiger partial charge in [0.1, 0.15) is 5.02 Å². The molecule has 0 amide bonds. The predicted octanol–water partition coefficient (Wildman–Crippen LogP) is 3.91. The molecule has 1 N–H and O–H groups in total. The Labute approximate surface area is 148 Å². The number of benzene rings is 2. The molecule has 0 aliphatic heterocycles. The number of anilines is 1. The van der Waals surface area contributed by atoms with E-state index in [1.807, 2.05) is 19.1 Å². The minimum atomic E-state index is -4.05. The van der Waals surface area contributed by atoms with Crippen molar-refractivity contribution in [2.75, 3.05) is 4.72 Å². The van der Waals surface area contributed by atoms with Crippen LogP contribution in [-0.4, -0.2) is 18.3 Å². The molecule has 25 heavy (non-hydrogen) atoms. The van der Waals surface area contributed by atoms with Crippen molar-refractivity contribution in [2.24, 2.45) is 0 Å². The van der Waals surface area contributed by atoms with E-state index in [2.05, 4.69) is 9.71 Å². The number of hydrogen-bond donors (Lipinski definition) is 1. The zero-order chi connectivity index (χ0) is 18.2. The lowest BCUT2D eigenvalue weighted by atomic mass is 10.1. The average Bonchev–Trinajstić information content (AvgIpc) is 2.54. The van der Waals surface area contributed by atoms with Crippen molar-refractivity contribution in [1.82, 2.24) is 4.98 Å². The van der Waals surface area contributed by atoms with Crippen LogP contribution in [0.4, 0.5) is 11.4 Å². The fourth-order valence-electron chi connectivity index (χ4n) is 2.42. The second-order valence-electron chi connectivity index (χ2n) is 5.36. The van der Waals surface area contributed by atoms with Crippen LogP contribution >= 0.6 is 11.6 Å². The number of pyridine rings is 1. The van der Waals surface area contributed by atoms with Gasteiger partial charge >= 0.3 is 0 Å². The number of nitrogens with one attached hydrogen (secondary N) is 1. The van der Waals surface area contributed by atoms with Crippen molar-refractivity contribution in [1.29, 1.82) is 0 Å². The third kappa shape index (κ3) is 3.40. The number of rotatable bonds is 4. The average molecular weight is 378 g/mol. The molecule has 7 nitrogen and oxygen atoms in total. The Balaban J connectivity index is 2.09. The summed E-state index contributed by atoms with van der Waals surface area (Å²) in [6, 6.07) is 10.4. The molecular weight excluding hydrogens is 366 g/mol. The van der Waals surface area contributed by atoms with Gasteiger partial charge in [-0.15, -0.1) is 0 Å². The minimum absolute atomic E-state index is 0.133. The quantitative estimate of drug-likeness (QED) is 0.548. The summed E-state index contributed by atoms with van der Waals surface area (Å²) in [5, 5.41) is 11.6. The number of fused-ring (bicyclic) bond motifs is 1. The van der Waals surface area contributed by atoms with Crippen LogP contribution in [0.2, 0.25) is 5.02 Å². The van der Waals surface area contributed by atoms with Crippen LogP contribution < -0.4 is 4.72 Å². The summed E-state index contributed by atoms with van der Waals surface area (Å²) in [6.07, 6.45) is 1.56. The van der Waals surface area contributed by atoms with Gasteiger partial charge in [0.05, 0.1) is 21.0 Å². The molecule has 0 aliphatic carbocycles. The number of nitrogens with zero attached hydrogens (tertiary/aromatic N) is 2. The Morgan fingerprint density at radius 2 is 1.96 bits per heavy atom. The monoisotopic (exact) mass is 377 g/mol. The van der Waals surface area contributed by atoms with E-state index >= 15 is 0 Å². The van der Waals surface area contributed by atoms with Crippen molar-refractivity contribution in [3.63, 3.8) is 0 Å². The predicted molar refractivity (Wildman–Crippen MR) is 95.4 cm³/mol. The van der Waals surface area contributed by atoms with Crippen molar-refractivity contribution in [3.8, 4) is 0 Å². The highest BCUT2D eigenvalue weighted by Crippen LogP contribution is 2.30. The third-order valence-corrected chi connectivity index (χ3v) is 5.20. The number of aromatic nitrogens is 1. The maximum absolute atomic E-state index is 12.6. The van der Waals surface area contributed by atoms with Crippen molar-refractivity contribution < 1.29 is 13.3 Å². The summed E-state index contributed by atoms with van der Waals surface area (Å²) in [6.45, 7) is 1.83. The molecule has 0 saturated carbocycles. The lowest BCUT2D eigenvalue weighted by molar-refractivity contribution is -0.384. The van der Waals surface area contributed by atoms with E-state index in [1.54, 1.807) is 18.3 Å². The number of nitro benzene ring substituents is 1. The summed E-state index contributed by atoms with van der Waals surface area (Å²) in [7, 11) is -4.05. The molecule has 3 aromatic rings. The van der Waals surface area contributed by atoms with Crippen molar-refractivity contribution >= 4 is 43.9 Å². The van der Waals surface area contributed by atoms with Gasteiger partial charge in [-0.05, 0) is 42.8 Å². The van der Waals surface area contributed by atoms with E-state index in [-0.39, 0.29) is 9.92 Å². The SMILES string of the molecule is Cc1cc(NS(=O)(=O)c2ccc(Cl)c([N+](=O)[O-])c2)c2ncccc2c1. The summed E-state index contributed by atoms with van der Waals surface area (Å²) in [5.74, 6) is 0. The maximum atomic E-state index is 12.6. The normalized spacial score (nSPS) is 11.4. The highest BCUT2D eigenvalue weighted by atomic mass is 35.5. The first kappa shape index (κ1) is 17.1. The molecule has 1 aromatic heterocycles. The lowest BCUT2D eigenvalue weighted by Crippen LogP contribution is -2.14. The Hall–Kier alpha value is -2.71. The molecule has 0 radical (unpaired) electrons. The van der Waals surface area contributed by atoms with Crippen LogP contribution in [0.25, 0.3) is 10.9 Å². The van der Waals surface area contributed by atoms with Gasteiger partial charge in [-0.1, -0.05) is 17.7 Å². The lowest BCUT2D eigenvalue weighted by Gasteiger charge is -2.11. The Kier molecular flexibility index (Phi) is 4.32. The zero-order valence-electron chi connectivity index (χ0n) is 12.9. The number of hydrogen-bond acceptors (Lipinski definition) is 5. The molecule has 0 saturated heterocycles. The molecule has 1 heterocycles. The highest BCUT2D eigenvalue weighted by Gasteiger charge is 2.21. The first-order valence-electron chi connectivity index (χ1n) is 7.10. The summed E-state index contributed by atoms with van der Waals surface area (Å²) >= 11 is 5.73. The topological polar surface area (TPSA) is 102 Å². The Morgan fingerprint density at radius 1 is 1.20 bits per heavy atom. The van der Waals surface area contributed by atoms with Gasteiger partial charge in [-0.25, -0.2) is 8.42 Å². The van der Waals surface area contributed by atoms with Crippen molar-refractivity contribution in [2.45, 2.75) is 11.8 Å². The van der Waals surface area contributed by atoms with Gasteiger partial charge in [-0.2, -0.15) is 0 Å². The second kappa shape index (κ2) is 6.30. The molecule has 9 heteroatoms. The molecule has 0 unspecified atom stereocenters. The number of nitro groups is 1. The molecule has 0 aliphatic rings. The second-order valence-corrected chi connectivity index (χ2v) is 7.45. The third-order valence-electron chi connectivity index (χ3n) is 3.52. The van der Waals surface area contributed by atoms with Crippen LogP contribution in [-0.2, 0) is 10.0 Å². The molecule has 0 spiro atoms.